The summed E-state index contributed by atoms with van der Waals surface area (Å²) in [6, 6.07) is 1.58. The van der Waals surface area contributed by atoms with Crippen LogP contribution in [-0.4, -0.2) is 21.7 Å². The molecule has 2 aromatic rings. The lowest BCUT2D eigenvalue weighted by molar-refractivity contribution is 0.268. The zero-order valence-corrected chi connectivity index (χ0v) is 8.29. The van der Waals surface area contributed by atoms with Crippen molar-refractivity contribution < 1.29 is 5.11 Å². The van der Waals surface area contributed by atoms with Crippen LogP contribution in [0.1, 0.15) is 11.0 Å². The number of H-pyrrole nitrogens is 1. The van der Waals surface area contributed by atoms with Gasteiger partial charge in [-0.15, -0.1) is 11.3 Å². The number of aromatic nitrogens is 2. The molecule has 0 aliphatic rings. The van der Waals surface area contributed by atoms with E-state index >= 15 is 0 Å². The van der Waals surface area contributed by atoms with Crippen LogP contribution < -0.4 is 5.73 Å². The van der Waals surface area contributed by atoms with E-state index in [0.717, 1.165) is 16.3 Å². The minimum Gasteiger partial charge on any atom is -0.394 e. The molecule has 4 nitrogen and oxygen atoms in total. The Labute approximate surface area is 85.4 Å². The monoisotopic (exact) mass is 209 g/mol. The second-order valence-corrected chi connectivity index (χ2v) is 3.85. The fraction of sp³-hybridized carbons (Fsp3) is 0.222. The van der Waals surface area contributed by atoms with Gasteiger partial charge in [0, 0.05) is 23.3 Å². The first-order chi connectivity index (χ1) is 6.81. The summed E-state index contributed by atoms with van der Waals surface area (Å²) in [5, 5.41) is 11.6. The molecular formula is C9H11N3OS. The summed E-state index contributed by atoms with van der Waals surface area (Å²) in [7, 11) is 0. The molecule has 1 unspecified atom stereocenters. The predicted molar refractivity (Wildman–Crippen MR) is 55.9 cm³/mol. The van der Waals surface area contributed by atoms with E-state index < -0.39 is 0 Å². The average molecular weight is 209 g/mol. The summed E-state index contributed by atoms with van der Waals surface area (Å²) >= 11 is 1.47. The number of nitrogens with one attached hydrogen (secondary N) is 1. The summed E-state index contributed by atoms with van der Waals surface area (Å²) in [6.07, 6.45) is 3.73. The number of aliphatic hydroxyl groups is 1. The number of hydrogen-bond acceptors (Lipinski definition) is 4. The third-order valence-electron chi connectivity index (χ3n) is 1.93. The molecule has 4 N–H and O–H groups in total. The Kier molecular flexibility index (Phi) is 2.62. The van der Waals surface area contributed by atoms with E-state index in [1.54, 1.807) is 0 Å². The molecule has 14 heavy (non-hydrogen) atoms. The van der Waals surface area contributed by atoms with E-state index in [1.165, 1.54) is 11.3 Å². The Hall–Kier alpha value is -1.17. The third kappa shape index (κ3) is 1.70. The minimum absolute atomic E-state index is 0.0694. The molecule has 2 rings (SSSR count). The first-order valence-electron chi connectivity index (χ1n) is 4.26. The first kappa shape index (κ1) is 9.39. The summed E-state index contributed by atoms with van der Waals surface area (Å²) < 4.78 is 0. The van der Waals surface area contributed by atoms with Gasteiger partial charge in [0.25, 0.3) is 0 Å². The van der Waals surface area contributed by atoms with E-state index in [4.69, 9.17) is 10.8 Å². The molecule has 74 valence electrons. The van der Waals surface area contributed by atoms with Gasteiger partial charge in [0.1, 0.15) is 5.01 Å². The molecule has 0 radical (unpaired) electrons. The standard InChI is InChI=1S/C9H11N3OS/c10-7(4-13)9-12-8(5-14-9)6-1-2-11-3-6/h1-3,5,7,11,13H,4,10H2. The first-order valence-corrected chi connectivity index (χ1v) is 5.14. The van der Waals surface area contributed by atoms with Crippen molar-refractivity contribution in [1.29, 1.82) is 0 Å². The zero-order chi connectivity index (χ0) is 9.97. The van der Waals surface area contributed by atoms with Crippen molar-refractivity contribution in [2.24, 2.45) is 5.73 Å². The molecule has 0 aromatic carbocycles. The molecule has 1 atom stereocenters. The maximum atomic E-state index is 8.86. The Bertz CT molecular complexity index is 396. The molecule has 0 aliphatic heterocycles. The number of thiazole rings is 1. The van der Waals surface area contributed by atoms with Crippen molar-refractivity contribution in [3.8, 4) is 11.3 Å². The van der Waals surface area contributed by atoms with Gasteiger partial charge in [0.05, 0.1) is 18.3 Å². The SMILES string of the molecule is NC(CO)c1nc(-c2cc[nH]c2)cs1. The van der Waals surface area contributed by atoms with Gasteiger partial charge >= 0.3 is 0 Å². The highest BCUT2D eigenvalue weighted by atomic mass is 32.1. The maximum absolute atomic E-state index is 8.86. The summed E-state index contributed by atoms with van der Waals surface area (Å²) in [5.74, 6) is 0. The van der Waals surface area contributed by atoms with E-state index in [2.05, 4.69) is 9.97 Å². The predicted octanol–water partition coefficient (Wildman–Crippen LogP) is 1.13. The van der Waals surface area contributed by atoms with Gasteiger partial charge in [0.15, 0.2) is 0 Å². The fourth-order valence-corrected chi connectivity index (χ4v) is 1.97. The minimum atomic E-state index is -0.368. The molecule has 0 spiro atoms. The van der Waals surface area contributed by atoms with Gasteiger partial charge in [-0.3, -0.25) is 0 Å². The molecule has 0 fully saturated rings. The summed E-state index contributed by atoms with van der Waals surface area (Å²) in [6.45, 7) is -0.0694. The second-order valence-electron chi connectivity index (χ2n) is 2.96. The number of rotatable bonds is 3. The van der Waals surface area contributed by atoms with Crippen molar-refractivity contribution in [2.75, 3.05) is 6.61 Å². The van der Waals surface area contributed by atoms with E-state index in [0.29, 0.717) is 0 Å². The van der Waals surface area contributed by atoms with Crippen LogP contribution in [0.25, 0.3) is 11.3 Å². The maximum Gasteiger partial charge on any atom is 0.112 e. The Morgan fingerprint density at radius 2 is 2.50 bits per heavy atom. The van der Waals surface area contributed by atoms with Crippen LogP contribution in [0, 0.1) is 0 Å². The van der Waals surface area contributed by atoms with Crippen molar-refractivity contribution in [2.45, 2.75) is 6.04 Å². The van der Waals surface area contributed by atoms with E-state index in [-0.39, 0.29) is 12.6 Å². The molecule has 0 saturated carbocycles. The van der Waals surface area contributed by atoms with Crippen molar-refractivity contribution in [1.82, 2.24) is 9.97 Å². The Morgan fingerprint density at radius 3 is 3.14 bits per heavy atom. The Balaban J connectivity index is 2.26. The normalized spacial score (nSPS) is 13.0. The van der Waals surface area contributed by atoms with Crippen LogP contribution in [0.2, 0.25) is 0 Å². The molecule has 2 aromatic heterocycles. The number of hydrogen-bond donors (Lipinski definition) is 3. The van der Waals surface area contributed by atoms with Gasteiger partial charge in [-0.1, -0.05) is 0 Å². The van der Waals surface area contributed by atoms with Crippen LogP contribution in [-0.2, 0) is 0 Å². The van der Waals surface area contributed by atoms with Gasteiger partial charge in [-0.2, -0.15) is 0 Å². The highest BCUT2D eigenvalue weighted by Gasteiger charge is 2.10. The number of nitrogens with two attached hydrogens (primary N) is 1. The molecule has 0 saturated heterocycles. The van der Waals surface area contributed by atoms with Crippen molar-refractivity contribution in [3.63, 3.8) is 0 Å². The van der Waals surface area contributed by atoms with Crippen LogP contribution >= 0.6 is 11.3 Å². The van der Waals surface area contributed by atoms with Crippen LogP contribution in [0.3, 0.4) is 0 Å². The second kappa shape index (κ2) is 3.91. The lowest BCUT2D eigenvalue weighted by Crippen LogP contribution is -2.13. The zero-order valence-electron chi connectivity index (χ0n) is 7.47. The van der Waals surface area contributed by atoms with Crippen molar-refractivity contribution >= 4 is 11.3 Å². The Morgan fingerprint density at radius 1 is 1.64 bits per heavy atom. The quantitative estimate of drug-likeness (QED) is 0.709. The average Bonchev–Trinajstić information content (AvgIpc) is 2.86. The number of aliphatic hydroxyl groups excluding tert-OH is 1. The topological polar surface area (TPSA) is 74.9 Å². The molecule has 0 aliphatic carbocycles. The van der Waals surface area contributed by atoms with Gasteiger partial charge in [-0.25, -0.2) is 4.98 Å². The van der Waals surface area contributed by atoms with Crippen LogP contribution in [0.4, 0.5) is 0 Å². The molecule has 0 amide bonds. The van der Waals surface area contributed by atoms with Crippen LogP contribution in [0.5, 0.6) is 0 Å². The lowest BCUT2D eigenvalue weighted by Gasteiger charge is -2.01. The molecule has 2 heterocycles. The van der Waals surface area contributed by atoms with Gasteiger partial charge in [0.2, 0.25) is 0 Å². The van der Waals surface area contributed by atoms with Crippen LogP contribution in [0.15, 0.2) is 23.8 Å². The third-order valence-corrected chi connectivity index (χ3v) is 2.91. The summed E-state index contributed by atoms with van der Waals surface area (Å²) in [5.41, 5.74) is 7.59. The summed E-state index contributed by atoms with van der Waals surface area (Å²) in [4.78, 5) is 7.30. The van der Waals surface area contributed by atoms with Crippen molar-refractivity contribution in [3.05, 3.63) is 28.8 Å². The largest absolute Gasteiger partial charge is 0.394 e. The molecular weight excluding hydrogens is 198 g/mol. The lowest BCUT2D eigenvalue weighted by atomic mass is 10.3. The fourth-order valence-electron chi connectivity index (χ4n) is 1.15. The van der Waals surface area contributed by atoms with E-state index in [9.17, 15) is 0 Å². The highest BCUT2D eigenvalue weighted by Crippen LogP contribution is 2.23. The van der Waals surface area contributed by atoms with Gasteiger partial charge < -0.3 is 15.8 Å². The smallest absolute Gasteiger partial charge is 0.112 e. The highest BCUT2D eigenvalue weighted by molar-refractivity contribution is 7.10. The van der Waals surface area contributed by atoms with E-state index in [1.807, 2.05) is 23.8 Å². The number of aromatic amines is 1. The molecule has 5 heteroatoms. The van der Waals surface area contributed by atoms with Gasteiger partial charge in [-0.05, 0) is 6.07 Å². The number of nitrogens with zero attached hydrogens (tertiary/aromatic N) is 1. The molecule has 0 bridgehead atoms.